The number of rotatable bonds is 3. The van der Waals surface area contributed by atoms with E-state index in [0.717, 1.165) is 16.8 Å². The molecule has 0 saturated carbocycles. The van der Waals surface area contributed by atoms with E-state index in [9.17, 15) is 0 Å². The number of nitrogens with two attached hydrogens (primary N) is 1. The summed E-state index contributed by atoms with van der Waals surface area (Å²) in [6, 6.07) is 15.8. The zero-order chi connectivity index (χ0) is 14.8. The van der Waals surface area contributed by atoms with E-state index in [0.29, 0.717) is 11.7 Å². The fraction of sp³-hybridized carbons (Fsp3) is 0.176. The summed E-state index contributed by atoms with van der Waals surface area (Å²) in [4.78, 5) is 8.81. The Kier molecular flexibility index (Phi) is 3.44. The van der Waals surface area contributed by atoms with Gasteiger partial charge in [0.2, 0.25) is 5.89 Å². The van der Waals surface area contributed by atoms with Crippen LogP contribution in [-0.2, 0) is 0 Å². The van der Waals surface area contributed by atoms with Gasteiger partial charge >= 0.3 is 0 Å². The predicted molar refractivity (Wildman–Crippen MR) is 84.9 cm³/mol. The SMILES string of the molecule is CC(N)=Nc1ccc2oc(C(C)c3ccccc3)nc2c1. The maximum atomic E-state index is 5.85. The summed E-state index contributed by atoms with van der Waals surface area (Å²) < 4.78 is 5.85. The maximum Gasteiger partial charge on any atom is 0.202 e. The third kappa shape index (κ3) is 2.79. The third-order valence-electron chi connectivity index (χ3n) is 3.36. The molecule has 106 valence electrons. The second kappa shape index (κ2) is 5.40. The van der Waals surface area contributed by atoms with Crippen LogP contribution < -0.4 is 5.73 Å². The predicted octanol–water partition coefficient (Wildman–Crippen LogP) is 3.99. The minimum atomic E-state index is 0.113. The summed E-state index contributed by atoms with van der Waals surface area (Å²) in [5.41, 5.74) is 9.14. The summed E-state index contributed by atoms with van der Waals surface area (Å²) in [6.07, 6.45) is 0. The van der Waals surface area contributed by atoms with Crippen molar-refractivity contribution in [3.05, 3.63) is 60.0 Å². The zero-order valence-corrected chi connectivity index (χ0v) is 12.1. The highest BCUT2D eigenvalue weighted by atomic mass is 16.3. The molecule has 0 spiro atoms. The topological polar surface area (TPSA) is 64.4 Å². The number of hydrogen-bond acceptors (Lipinski definition) is 3. The molecule has 0 amide bonds. The van der Waals surface area contributed by atoms with Crippen molar-refractivity contribution >= 4 is 22.6 Å². The Labute approximate surface area is 123 Å². The number of aliphatic imine (C=N–C) groups is 1. The standard InChI is InChI=1S/C17H17N3O/c1-11(13-6-4-3-5-7-13)17-20-15-10-14(19-12(2)18)8-9-16(15)21-17/h3-11H,1-2H3,(H2,18,19). The average molecular weight is 279 g/mol. The molecule has 2 aromatic carbocycles. The molecule has 0 fully saturated rings. The molecule has 0 bridgehead atoms. The molecular formula is C17H17N3O. The van der Waals surface area contributed by atoms with E-state index in [-0.39, 0.29) is 5.92 Å². The van der Waals surface area contributed by atoms with E-state index in [2.05, 4.69) is 29.0 Å². The lowest BCUT2D eigenvalue weighted by Gasteiger charge is -2.06. The Hall–Kier alpha value is -2.62. The second-order valence-electron chi connectivity index (χ2n) is 5.09. The number of amidine groups is 1. The maximum absolute atomic E-state index is 5.85. The van der Waals surface area contributed by atoms with E-state index in [4.69, 9.17) is 10.2 Å². The van der Waals surface area contributed by atoms with Crippen molar-refractivity contribution in [1.29, 1.82) is 0 Å². The number of benzene rings is 2. The molecule has 21 heavy (non-hydrogen) atoms. The van der Waals surface area contributed by atoms with Gasteiger partial charge in [0.15, 0.2) is 5.58 Å². The summed E-state index contributed by atoms with van der Waals surface area (Å²) in [5.74, 6) is 1.35. The summed E-state index contributed by atoms with van der Waals surface area (Å²) in [7, 11) is 0. The van der Waals surface area contributed by atoms with Crippen LogP contribution in [-0.4, -0.2) is 10.8 Å². The number of nitrogens with zero attached hydrogens (tertiary/aromatic N) is 2. The van der Waals surface area contributed by atoms with Gasteiger partial charge in [-0.25, -0.2) is 9.98 Å². The van der Waals surface area contributed by atoms with Gasteiger partial charge in [0, 0.05) is 0 Å². The van der Waals surface area contributed by atoms with Crippen molar-refractivity contribution in [1.82, 2.24) is 4.98 Å². The van der Waals surface area contributed by atoms with E-state index in [1.807, 2.05) is 36.4 Å². The monoisotopic (exact) mass is 279 g/mol. The smallest absolute Gasteiger partial charge is 0.202 e. The first-order valence-electron chi connectivity index (χ1n) is 6.89. The van der Waals surface area contributed by atoms with E-state index < -0.39 is 0 Å². The van der Waals surface area contributed by atoms with Gasteiger partial charge in [-0.1, -0.05) is 30.3 Å². The van der Waals surface area contributed by atoms with Gasteiger partial charge in [-0.15, -0.1) is 0 Å². The van der Waals surface area contributed by atoms with Crippen LogP contribution >= 0.6 is 0 Å². The van der Waals surface area contributed by atoms with Gasteiger partial charge in [-0.3, -0.25) is 0 Å². The van der Waals surface area contributed by atoms with Crippen LogP contribution in [0.5, 0.6) is 0 Å². The molecule has 0 aliphatic rings. The van der Waals surface area contributed by atoms with Crippen LogP contribution in [0.1, 0.15) is 31.2 Å². The van der Waals surface area contributed by atoms with E-state index in [1.165, 1.54) is 5.56 Å². The normalized spacial score (nSPS) is 13.5. The van der Waals surface area contributed by atoms with Crippen LogP contribution in [0.3, 0.4) is 0 Å². The summed E-state index contributed by atoms with van der Waals surface area (Å²) in [6.45, 7) is 3.85. The first kappa shape index (κ1) is 13.4. The second-order valence-corrected chi connectivity index (χ2v) is 5.09. The van der Waals surface area contributed by atoms with Gasteiger partial charge in [-0.2, -0.15) is 0 Å². The van der Waals surface area contributed by atoms with Crippen LogP contribution in [0.4, 0.5) is 5.69 Å². The Morgan fingerprint density at radius 3 is 2.67 bits per heavy atom. The first-order valence-corrected chi connectivity index (χ1v) is 6.89. The molecule has 3 aromatic rings. The lowest BCUT2D eigenvalue weighted by Crippen LogP contribution is -2.03. The average Bonchev–Trinajstić information content (AvgIpc) is 2.90. The molecule has 1 heterocycles. The lowest BCUT2D eigenvalue weighted by molar-refractivity contribution is 0.512. The van der Waals surface area contributed by atoms with Crippen molar-refractivity contribution in [2.75, 3.05) is 0 Å². The molecule has 1 aromatic heterocycles. The molecule has 4 nitrogen and oxygen atoms in total. The minimum Gasteiger partial charge on any atom is -0.440 e. The third-order valence-corrected chi connectivity index (χ3v) is 3.36. The van der Waals surface area contributed by atoms with Gasteiger partial charge in [0.05, 0.1) is 17.4 Å². The van der Waals surface area contributed by atoms with Crippen molar-refractivity contribution in [2.45, 2.75) is 19.8 Å². The van der Waals surface area contributed by atoms with Crippen LogP contribution in [0.2, 0.25) is 0 Å². The van der Waals surface area contributed by atoms with Crippen molar-refractivity contribution in [2.24, 2.45) is 10.7 Å². The Morgan fingerprint density at radius 2 is 1.95 bits per heavy atom. The molecule has 1 atom stereocenters. The molecule has 1 unspecified atom stereocenters. The zero-order valence-electron chi connectivity index (χ0n) is 12.1. The number of oxazole rings is 1. The van der Waals surface area contributed by atoms with E-state index in [1.54, 1.807) is 6.92 Å². The summed E-state index contributed by atoms with van der Waals surface area (Å²) >= 11 is 0. The van der Waals surface area contributed by atoms with E-state index >= 15 is 0 Å². The van der Waals surface area contributed by atoms with Crippen molar-refractivity contribution in [3.63, 3.8) is 0 Å². The quantitative estimate of drug-likeness (QED) is 0.582. The van der Waals surface area contributed by atoms with Gasteiger partial charge in [-0.05, 0) is 37.6 Å². The lowest BCUT2D eigenvalue weighted by atomic mass is 10.0. The van der Waals surface area contributed by atoms with Gasteiger partial charge < -0.3 is 10.2 Å². The Bertz CT molecular complexity index is 786. The molecule has 0 aliphatic heterocycles. The Morgan fingerprint density at radius 1 is 1.19 bits per heavy atom. The van der Waals surface area contributed by atoms with Crippen LogP contribution in [0.15, 0.2) is 57.9 Å². The largest absolute Gasteiger partial charge is 0.440 e. The molecule has 0 radical (unpaired) electrons. The molecule has 4 heteroatoms. The Balaban J connectivity index is 1.99. The first-order chi connectivity index (χ1) is 10.1. The highest BCUT2D eigenvalue weighted by Gasteiger charge is 2.15. The number of fused-ring (bicyclic) bond motifs is 1. The van der Waals surface area contributed by atoms with Crippen molar-refractivity contribution < 1.29 is 4.42 Å². The fourth-order valence-electron chi connectivity index (χ4n) is 2.28. The minimum absolute atomic E-state index is 0.113. The van der Waals surface area contributed by atoms with Gasteiger partial charge in [0.25, 0.3) is 0 Å². The number of hydrogen-bond donors (Lipinski definition) is 1. The van der Waals surface area contributed by atoms with Crippen molar-refractivity contribution in [3.8, 4) is 0 Å². The number of aromatic nitrogens is 1. The highest BCUT2D eigenvalue weighted by Crippen LogP contribution is 2.28. The van der Waals surface area contributed by atoms with Gasteiger partial charge in [0.1, 0.15) is 5.52 Å². The molecule has 3 rings (SSSR count). The van der Waals surface area contributed by atoms with Crippen LogP contribution in [0.25, 0.3) is 11.1 Å². The molecule has 2 N–H and O–H groups in total. The molecule has 0 aliphatic carbocycles. The molecule has 0 saturated heterocycles. The van der Waals surface area contributed by atoms with Crippen LogP contribution in [0, 0.1) is 0 Å². The summed E-state index contributed by atoms with van der Waals surface area (Å²) in [5, 5.41) is 0. The highest BCUT2D eigenvalue weighted by molar-refractivity contribution is 5.83. The fourth-order valence-corrected chi connectivity index (χ4v) is 2.28. The molecular weight excluding hydrogens is 262 g/mol.